The van der Waals surface area contributed by atoms with Crippen molar-refractivity contribution in [2.75, 3.05) is 0 Å². The van der Waals surface area contributed by atoms with Gasteiger partial charge in [-0.25, -0.2) is 4.98 Å². The molecular weight excluding hydrogens is 547 g/mol. The first-order valence-electron chi connectivity index (χ1n) is 14.4. The lowest BCUT2D eigenvalue weighted by molar-refractivity contribution is 0.473. The Kier molecular flexibility index (Phi) is 6.68. The number of hydrogen-bond donors (Lipinski definition) is 1. The average molecular weight is 578 g/mol. The van der Waals surface area contributed by atoms with E-state index in [-0.39, 0.29) is 11.2 Å². The van der Waals surface area contributed by atoms with Crippen LogP contribution in [0.3, 0.4) is 0 Å². The lowest BCUT2D eigenvalue weighted by atomic mass is 9.86. The Hall–Kier alpha value is -5.00. The third-order valence-electron chi connectivity index (χ3n) is 7.77. The summed E-state index contributed by atoms with van der Waals surface area (Å²) in [5.41, 5.74) is 7.59. The quantitative estimate of drug-likeness (QED) is 0.207. The smallest absolute Gasteiger partial charge is 0.147 e. The van der Waals surface area contributed by atoms with Crippen LogP contribution >= 0.6 is 11.3 Å². The molecule has 5 heteroatoms. The van der Waals surface area contributed by atoms with Gasteiger partial charge in [0.15, 0.2) is 0 Å². The topological polar surface area (TPSA) is 50.4 Å². The highest BCUT2D eigenvalue weighted by Crippen LogP contribution is 2.40. The Labute approximate surface area is 255 Å². The van der Waals surface area contributed by atoms with Crippen LogP contribution in [0, 0.1) is 0 Å². The zero-order valence-corrected chi connectivity index (χ0v) is 25.1. The summed E-state index contributed by atoms with van der Waals surface area (Å²) in [7, 11) is 0. The number of phenols is 1. The minimum absolute atomic E-state index is 0.0408. The van der Waals surface area contributed by atoms with Gasteiger partial charge in [0.05, 0.1) is 16.7 Å². The average Bonchev–Trinajstić information content (AvgIpc) is 3.63. The molecule has 4 nitrogen and oxygen atoms in total. The molecule has 0 radical (unpaired) electrons. The summed E-state index contributed by atoms with van der Waals surface area (Å²) >= 11 is 1.79. The number of rotatable bonds is 5. The van der Waals surface area contributed by atoms with E-state index in [0.717, 1.165) is 44.9 Å². The van der Waals surface area contributed by atoms with Crippen LogP contribution in [0.1, 0.15) is 31.9 Å². The summed E-state index contributed by atoms with van der Waals surface area (Å²) in [5, 5.41) is 11.9. The van der Waals surface area contributed by atoms with Gasteiger partial charge < -0.3 is 5.11 Å². The molecule has 0 saturated heterocycles. The molecule has 210 valence electrons. The van der Waals surface area contributed by atoms with Crippen molar-refractivity contribution in [1.29, 1.82) is 0 Å². The maximum Gasteiger partial charge on any atom is 0.147 e. The third-order valence-corrected chi connectivity index (χ3v) is 8.92. The lowest BCUT2D eigenvalue weighted by Crippen LogP contribution is -2.11. The van der Waals surface area contributed by atoms with E-state index in [2.05, 4.69) is 104 Å². The van der Waals surface area contributed by atoms with Crippen LogP contribution in [0.5, 0.6) is 5.75 Å². The number of nitrogens with zero attached hydrogens (tertiary/aromatic N) is 3. The first-order chi connectivity index (χ1) is 20.9. The number of phenolic OH excluding ortho intramolecular Hbond substituents is 1. The zero-order valence-electron chi connectivity index (χ0n) is 24.3. The van der Waals surface area contributed by atoms with Gasteiger partial charge in [-0.2, -0.15) is 0 Å². The molecule has 5 aromatic carbocycles. The Balaban J connectivity index is 1.42. The van der Waals surface area contributed by atoms with Crippen molar-refractivity contribution in [1.82, 2.24) is 9.55 Å². The van der Waals surface area contributed by atoms with Crippen molar-refractivity contribution in [3.05, 3.63) is 132 Å². The van der Waals surface area contributed by atoms with E-state index < -0.39 is 0 Å². The fourth-order valence-corrected chi connectivity index (χ4v) is 6.56. The summed E-state index contributed by atoms with van der Waals surface area (Å²) < 4.78 is 3.48. The number of aliphatic imine (C=N–C) groups is 1. The molecule has 0 bridgehead atoms. The minimum Gasteiger partial charge on any atom is -0.507 e. The van der Waals surface area contributed by atoms with Crippen molar-refractivity contribution in [3.63, 3.8) is 0 Å². The summed E-state index contributed by atoms with van der Waals surface area (Å²) in [6, 6.07) is 41.3. The van der Waals surface area contributed by atoms with Gasteiger partial charge in [0.1, 0.15) is 11.6 Å². The highest BCUT2D eigenvalue weighted by Gasteiger charge is 2.20. The molecule has 0 amide bonds. The van der Waals surface area contributed by atoms with E-state index in [1.54, 1.807) is 23.6 Å². The number of imidazole rings is 1. The SMILES string of the molecule is CC(C)(C)c1ccc(O)c(C=Nc2ccccc2-c2nc3c(-c4cc5ccccc5s4)cccc3n2-c2ccccc2)c1. The number of aromatic nitrogens is 2. The minimum atomic E-state index is -0.0408. The Morgan fingerprint density at radius 2 is 1.51 bits per heavy atom. The lowest BCUT2D eigenvalue weighted by Gasteiger charge is -2.19. The van der Waals surface area contributed by atoms with Gasteiger partial charge in [-0.1, -0.05) is 87.5 Å². The second kappa shape index (κ2) is 10.7. The van der Waals surface area contributed by atoms with E-state index in [1.165, 1.54) is 15.0 Å². The molecule has 0 atom stereocenters. The molecule has 0 aliphatic heterocycles. The van der Waals surface area contributed by atoms with Gasteiger partial charge in [-0.15, -0.1) is 11.3 Å². The van der Waals surface area contributed by atoms with E-state index in [4.69, 9.17) is 9.98 Å². The monoisotopic (exact) mass is 577 g/mol. The Bertz CT molecular complexity index is 2100. The van der Waals surface area contributed by atoms with Crippen LogP contribution in [0.15, 0.2) is 126 Å². The number of thiophene rings is 1. The van der Waals surface area contributed by atoms with Crippen LogP contribution in [-0.4, -0.2) is 20.9 Å². The molecule has 1 N–H and O–H groups in total. The molecule has 2 aromatic heterocycles. The van der Waals surface area contributed by atoms with Crippen molar-refractivity contribution in [2.24, 2.45) is 4.99 Å². The Morgan fingerprint density at radius 3 is 2.33 bits per heavy atom. The first-order valence-corrected chi connectivity index (χ1v) is 15.2. The van der Waals surface area contributed by atoms with Gasteiger partial charge in [0, 0.05) is 38.2 Å². The summed E-state index contributed by atoms with van der Waals surface area (Å²) in [5.74, 6) is 1.02. The second-order valence-electron chi connectivity index (χ2n) is 11.7. The summed E-state index contributed by atoms with van der Waals surface area (Å²) in [6.07, 6.45) is 1.75. The van der Waals surface area contributed by atoms with Crippen LogP contribution < -0.4 is 0 Å². The molecule has 0 aliphatic carbocycles. The fourth-order valence-electron chi connectivity index (χ4n) is 5.47. The molecule has 2 heterocycles. The molecule has 0 fully saturated rings. The van der Waals surface area contributed by atoms with Crippen molar-refractivity contribution >= 4 is 44.4 Å². The predicted octanol–water partition coefficient (Wildman–Crippen LogP) is 10.3. The number of fused-ring (bicyclic) bond motifs is 2. The standard InChI is InChI=1S/C38H31N3OS/c1-38(2,3)27-20-21-33(42)26(22-27)24-39-31-17-9-8-15-29(31)37-40-36-30(35-23-25-12-7-10-19-34(25)43-35)16-11-18-32(36)41(37)28-13-5-4-6-14-28/h4-24,42H,1-3H3. The molecule has 7 aromatic rings. The maximum absolute atomic E-state index is 10.6. The molecule has 0 spiro atoms. The van der Waals surface area contributed by atoms with Gasteiger partial charge in [0.2, 0.25) is 0 Å². The first kappa shape index (κ1) is 26.9. The van der Waals surface area contributed by atoms with E-state index >= 15 is 0 Å². The number of aromatic hydroxyl groups is 1. The third kappa shape index (κ3) is 5.02. The molecule has 7 rings (SSSR count). The van der Waals surface area contributed by atoms with Crippen LogP contribution in [-0.2, 0) is 5.41 Å². The fraction of sp³-hybridized carbons (Fsp3) is 0.105. The predicted molar refractivity (Wildman–Crippen MR) is 181 cm³/mol. The maximum atomic E-state index is 10.6. The van der Waals surface area contributed by atoms with Gasteiger partial charge in [0.25, 0.3) is 0 Å². The highest BCUT2D eigenvalue weighted by atomic mass is 32.1. The Morgan fingerprint density at radius 1 is 0.767 bits per heavy atom. The van der Waals surface area contributed by atoms with E-state index in [0.29, 0.717) is 5.56 Å². The van der Waals surface area contributed by atoms with Crippen molar-refractivity contribution in [3.8, 4) is 33.3 Å². The molecule has 43 heavy (non-hydrogen) atoms. The van der Waals surface area contributed by atoms with Gasteiger partial charge >= 0.3 is 0 Å². The van der Waals surface area contributed by atoms with Crippen molar-refractivity contribution < 1.29 is 5.11 Å². The van der Waals surface area contributed by atoms with Crippen molar-refractivity contribution in [2.45, 2.75) is 26.2 Å². The molecule has 0 saturated carbocycles. The molecular formula is C38H31N3OS. The highest BCUT2D eigenvalue weighted by molar-refractivity contribution is 7.22. The van der Waals surface area contributed by atoms with Crippen LogP contribution in [0.25, 0.3) is 48.6 Å². The largest absolute Gasteiger partial charge is 0.507 e. The van der Waals surface area contributed by atoms with Crippen LogP contribution in [0.4, 0.5) is 5.69 Å². The van der Waals surface area contributed by atoms with Crippen LogP contribution in [0.2, 0.25) is 0 Å². The van der Waals surface area contributed by atoms with E-state index in [9.17, 15) is 5.11 Å². The van der Waals surface area contributed by atoms with E-state index in [1.807, 2.05) is 36.4 Å². The molecule has 0 aliphatic rings. The van der Waals surface area contributed by atoms with Gasteiger partial charge in [-0.05, 0) is 71.0 Å². The zero-order chi connectivity index (χ0) is 29.6. The number of benzene rings is 5. The second-order valence-corrected chi connectivity index (χ2v) is 12.8. The number of para-hydroxylation sites is 3. The summed E-state index contributed by atoms with van der Waals surface area (Å²) in [6.45, 7) is 6.49. The van der Waals surface area contributed by atoms with Gasteiger partial charge in [-0.3, -0.25) is 9.56 Å². The molecule has 0 unspecified atom stereocenters. The summed E-state index contributed by atoms with van der Waals surface area (Å²) in [4.78, 5) is 11.4. The normalized spacial score (nSPS) is 12.1. The number of hydrogen-bond acceptors (Lipinski definition) is 4.